The predicted molar refractivity (Wildman–Crippen MR) is 59.1 cm³/mol. The third kappa shape index (κ3) is 1.22. The number of allylic oxidation sites excluding steroid dienone is 3. The largest absolute Gasteiger partial charge is 0.332 e. The maximum absolute atomic E-state index is 11.8. The summed E-state index contributed by atoms with van der Waals surface area (Å²) in [5.41, 5.74) is 3.65. The van der Waals surface area contributed by atoms with Gasteiger partial charge in [-0.1, -0.05) is 30.3 Å². The van der Waals surface area contributed by atoms with Crippen LogP contribution in [0, 0.1) is 0 Å². The van der Waals surface area contributed by atoms with Gasteiger partial charge in [-0.3, -0.25) is 4.79 Å². The van der Waals surface area contributed by atoms with Gasteiger partial charge >= 0.3 is 0 Å². The molecule has 2 heteroatoms. The standard InChI is InChI=1S/C13H11NO/c15-13-12-8-9(4-3-7-14-13)10-5-1-2-6-11(10)12/h1-7,12H,8H2,(H,14,15). The fourth-order valence-corrected chi connectivity index (χ4v) is 2.32. The minimum Gasteiger partial charge on any atom is -0.332 e. The second-order valence-corrected chi connectivity index (χ2v) is 3.90. The first-order valence-corrected chi connectivity index (χ1v) is 5.11. The van der Waals surface area contributed by atoms with Crippen LogP contribution in [0.15, 0.2) is 42.6 Å². The minimum atomic E-state index is -0.00241. The fourth-order valence-electron chi connectivity index (χ4n) is 2.32. The van der Waals surface area contributed by atoms with Crippen LogP contribution in [0.2, 0.25) is 0 Å². The van der Waals surface area contributed by atoms with Crippen molar-refractivity contribution >= 4 is 11.5 Å². The number of carbonyl (C=O) groups is 1. The summed E-state index contributed by atoms with van der Waals surface area (Å²) in [4.78, 5) is 11.8. The molecule has 1 aliphatic heterocycles. The molecule has 1 aliphatic carbocycles. The van der Waals surface area contributed by atoms with Gasteiger partial charge < -0.3 is 5.32 Å². The number of benzene rings is 1. The van der Waals surface area contributed by atoms with Crippen molar-refractivity contribution in [3.8, 4) is 0 Å². The van der Waals surface area contributed by atoms with Crippen LogP contribution >= 0.6 is 0 Å². The first kappa shape index (κ1) is 8.48. The quantitative estimate of drug-likeness (QED) is 0.678. The topological polar surface area (TPSA) is 29.1 Å². The Morgan fingerprint density at radius 1 is 1.27 bits per heavy atom. The average molecular weight is 197 g/mol. The normalized spacial score (nSPS) is 22.5. The third-order valence-electron chi connectivity index (χ3n) is 3.04. The van der Waals surface area contributed by atoms with Crippen LogP contribution in [0.5, 0.6) is 0 Å². The number of nitrogens with one attached hydrogen (secondary N) is 1. The van der Waals surface area contributed by atoms with E-state index in [1.807, 2.05) is 24.3 Å². The summed E-state index contributed by atoms with van der Waals surface area (Å²) in [5.74, 6) is 0.0965. The van der Waals surface area contributed by atoms with Crippen molar-refractivity contribution in [2.75, 3.05) is 0 Å². The first-order valence-electron chi connectivity index (χ1n) is 5.11. The highest BCUT2D eigenvalue weighted by atomic mass is 16.1. The summed E-state index contributed by atoms with van der Waals surface area (Å²) in [6.07, 6.45) is 6.51. The minimum absolute atomic E-state index is 0.00241. The lowest BCUT2D eigenvalue weighted by Crippen LogP contribution is -2.23. The smallest absolute Gasteiger partial charge is 0.231 e. The Labute approximate surface area is 88.3 Å². The SMILES string of the molecule is O=C1NC=CC=C2CC1c1ccccc12. The summed E-state index contributed by atoms with van der Waals surface area (Å²) < 4.78 is 0. The second-order valence-electron chi connectivity index (χ2n) is 3.90. The van der Waals surface area contributed by atoms with Gasteiger partial charge in [0.1, 0.15) is 0 Å². The predicted octanol–water partition coefficient (Wildman–Crippen LogP) is 2.20. The van der Waals surface area contributed by atoms with Gasteiger partial charge in [0.05, 0.1) is 5.92 Å². The Hall–Kier alpha value is -1.83. The third-order valence-corrected chi connectivity index (χ3v) is 3.04. The zero-order valence-electron chi connectivity index (χ0n) is 8.23. The van der Waals surface area contributed by atoms with E-state index in [2.05, 4.69) is 17.5 Å². The van der Waals surface area contributed by atoms with Crippen LogP contribution in [0.4, 0.5) is 0 Å². The molecule has 74 valence electrons. The van der Waals surface area contributed by atoms with Crippen molar-refractivity contribution in [3.63, 3.8) is 0 Å². The molecular weight excluding hydrogens is 186 g/mol. The fraction of sp³-hybridized carbons (Fsp3) is 0.154. The van der Waals surface area contributed by atoms with E-state index in [4.69, 9.17) is 0 Å². The number of fused-ring (bicyclic) bond motifs is 5. The zero-order chi connectivity index (χ0) is 10.3. The van der Waals surface area contributed by atoms with Gasteiger partial charge in [0.25, 0.3) is 0 Å². The number of carbonyl (C=O) groups excluding carboxylic acids is 1. The Morgan fingerprint density at radius 3 is 3.07 bits per heavy atom. The molecule has 0 radical (unpaired) electrons. The van der Waals surface area contributed by atoms with Crippen molar-refractivity contribution in [3.05, 3.63) is 53.7 Å². The highest BCUT2D eigenvalue weighted by molar-refractivity contribution is 5.93. The van der Waals surface area contributed by atoms with E-state index < -0.39 is 0 Å². The van der Waals surface area contributed by atoms with Gasteiger partial charge in [0.2, 0.25) is 5.91 Å². The molecule has 0 saturated carbocycles. The Kier molecular flexibility index (Phi) is 1.75. The number of hydrogen-bond acceptors (Lipinski definition) is 1. The molecule has 1 aromatic carbocycles. The van der Waals surface area contributed by atoms with Crippen LogP contribution in [-0.2, 0) is 4.79 Å². The maximum Gasteiger partial charge on any atom is 0.231 e. The van der Waals surface area contributed by atoms with Gasteiger partial charge in [-0.15, -0.1) is 0 Å². The van der Waals surface area contributed by atoms with E-state index in [1.54, 1.807) is 6.20 Å². The molecule has 1 aromatic rings. The first-order chi connectivity index (χ1) is 7.36. The molecule has 3 rings (SSSR count). The van der Waals surface area contributed by atoms with Crippen LogP contribution in [0.25, 0.3) is 5.57 Å². The number of amides is 1. The van der Waals surface area contributed by atoms with Gasteiger partial charge in [0.15, 0.2) is 0 Å². The van der Waals surface area contributed by atoms with Gasteiger partial charge in [-0.25, -0.2) is 0 Å². The molecule has 0 fully saturated rings. The Morgan fingerprint density at radius 2 is 2.13 bits per heavy atom. The van der Waals surface area contributed by atoms with Crippen molar-refractivity contribution in [2.45, 2.75) is 12.3 Å². The molecule has 1 unspecified atom stereocenters. The highest BCUT2D eigenvalue weighted by Gasteiger charge is 2.31. The van der Waals surface area contributed by atoms with Crippen LogP contribution in [0.3, 0.4) is 0 Å². The molecular formula is C13H11NO. The molecule has 15 heavy (non-hydrogen) atoms. The average Bonchev–Trinajstić information content (AvgIpc) is 2.63. The Balaban J connectivity index is 2.22. The Bertz CT molecular complexity index is 485. The molecule has 2 bridgehead atoms. The molecule has 0 saturated heterocycles. The molecule has 1 heterocycles. The monoisotopic (exact) mass is 197 g/mol. The lowest BCUT2D eigenvalue weighted by atomic mass is 10.0. The van der Waals surface area contributed by atoms with Gasteiger partial charge in [-0.05, 0) is 29.2 Å². The van der Waals surface area contributed by atoms with Crippen molar-refractivity contribution in [1.82, 2.24) is 5.32 Å². The summed E-state index contributed by atoms with van der Waals surface area (Å²) >= 11 is 0. The van der Waals surface area contributed by atoms with Crippen LogP contribution in [0.1, 0.15) is 23.5 Å². The van der Waals surface area contributed by atoms with E-state index in [1.165, 1.54) is 11.1 Å². The van der Waals surface area contributed by atoms with E-state index in [9.17, 15) is 4.79 Å². The van der Waals surface area contributed by atoms with Crippen molar-refractivity contribution in [1.29, 1.82) is 0 Å². The summed E-state index contributed by atoms with van der Waals surface area (Å²) in [6, 6.07) is 8.15. The van der Waals surface area contributed by atoms with Gasteiger partial charge in [-0.2, -0.15) is 0 Å². The number of rotatable bonds is 0. The maximum atomic E-state index is 11.8. The molecule has 0 spiro atoms. The lowest BCUT2D eigenvalue weighted by Gasteiger charge is -2.09. The molecule has 2 aliphatic rings. The van der Waals surface area contributed by atoms with E-state index in [-0.39, 0.29) is 11.8 Å². The van der Waals surface area contributed by atoms with Crippen molar-refractivity contribution in [2.24, 2.45) is 0 Å². The molecule has 2 nitrogen and oxygen atoms in total. The van der Waals surface area contributed by atoms with Crippen LogP contribution in [-0.4, -0.2) is 5.91 Å². The van der Waals surface area contributed by atoms with Crippen molar-refractivity contribution < 1.29 is 4.79 Å². The summed E-state index contributed by atoms with van der Waals surface area (Å²) in [7, 11) is 0. The molecule has 1 N–H and O–H groups in total. The zero-order valence-corrected chi connectivity index (χ0v) is 8.23. The summed E-state index contributed by atoms with van der Waals surface area (Å²) in [6.45, 7) is 0. The lowest BCUT2D eigenvalue weighted by molar-refractivity contribution is -0.121. The van der Waals surface area contributed by atoms with Crippen LogP contribution < -0.4 is 5.32 Å². The van der Waals surface area contributed by atoms with E-state index >= 15 is 0 Å². The highest BCUT2D eigenvalue weighted by Crippen LogP contribution is 2.41. The molecule has 1 amide bonds. The number of hydrogen-bond donors (Lipinski definition) is 1. The molecule has 0 aromatic heterocycles. The molecule has 1 atom stereocenters. The second kappa shape index (κ2) is 3.09. The summed E-state index contributed by atoms with van der Waals surface area (Å²) in [5, 5.41) is 2.79. The van der Waals surface area contributed by atoms with E-state index in [0.29, 0.717) is 0 Å². The van der Waals surface area contributed by atoms with E-state index in [0.717, 1.165) is 12.0 Å². The van der Waals surface area contributed by atoms with Gasteiger partial charge in [0, 0.05) is 6.20 Å².